The summed E-state index contributed by atoms with van der Waals surface area (Å²) in [6.07, 6.45) is 0. The van der Waals surface area contributed by atoms with Crippen molar-refractivity contribution in [2.45, 2.75) is 6.61 Å². The summed E-state index contributed by atoms with van der Waals surface area (Å²) in [5, 5.41) is 12.0. The van der Waals surface area contributed by atoms with Crippen molar-refractivity contribution in [2.75, 3.05) is 7.11 Å². The second-order valence-electron chi connectivity index (χ2n) is 4.63. The van der Waals surface area contributed by atoms with Crippen LogP contribution < -0.4 is 9.47 Å². The van der Waals surface area contributed by atoms with Crippen LogP contribution in [0.15, 0.2) is 54.6 Å². The first-order valence-corrected chi connectivity index (χ1v) is 6.61. The number of rotatable bonds is 4. The smallest absolute Gasteiger partial charge is 0.213 e. The maximum atomic E-state index is 10.0. The second-order valence-corrected chi connectivity index (χ2v) is 4.63. The van der Waals surface area contributed by atoms with Gasteiger partial charge in [0.05, 0.1) is 12.8 Å². The van der Waals surface area contributed by atoms with Crippen molar-refractivity contribution < 1.29 is 14.6 Å². The van der Waals surface area contributed by atoms with Gasteiger partial charge in [-0.15, -0.1) is 0 Å². The average Bonchev–Trinajstić information content (AvgIpc) is 2.53. The monoisotopic (exact) mass is 281 g/mol. The van der Waals surface area contributed by atoms with E-state index < -0.39 is 0 Å². The number of phenolic OH excluding ortho intramolecular Hbond substituents is 1. The zero-order chi connectivity index (χ0) is 14.7. The molecule has 0 atom stereocenters. The minimum absolute atomic E-state index is 0.122. The SMILES string of the molecule is COc1cccc(COc2cc3ccccc3cc2O)n1. The first-order valence-electron chi connectivity index (χ1n) is 6.61. The number of fused-ring (bicyclic) bond motifs is 1. The highest BCUT2D eigenvalue weighted by molar-refractivity contribution is 5.85. The molecular formula is C17H15NO3. The Morgan fingerprint density at radius 2 is 1.76 bits per heavy atom. The van der Waals surface area contributed by atoms with Crippen molar-refractivity contribution in [1.29, 1.82) is 0 Å². The van der Waals surface area contributed by atoms with Crippen LogP contribution in [0.4, 0.5) is 0 Å². The third-order valence-electron chi connectivity index (χ3n) is 3.19. The zero-order valence-electron chi connectivity index (χ0n) is 11.6. The van der Waals surface area contributed by atoms with E-state index in [-0.39, 0.29) is 12.4 Å². The van der Waals surface area contributed by atoms with E-state index in [9.17, 15) is 5.11 Å². The van der Waals surface area contributed by atoms with E-state index in [0.717, 1.165) is 16.5 Å². The molecule has 0 aliphatic rings. The highest BCUT2D eigenvalue weighted by Crippen LogP contribution is 2.31. The number of hydrogen-bond donors (Lipinski definition) is 1. The van der Waals surface area contributed by atoms with Crippen LogP contribution in [-0.2, 0) is 6.61 Å². The molecule has 0 radical (unpaired) electrons. The van der Waals surface area contributed by atoms with Crippen molar-refractivity contribution >= 4 is 10.8 Å². The lowest BCUT2D eigenvalue weighted by molar-refractivity contribution is 0.283. The maximum Gasteiger partial charge on any atom is 0.213 e. The van der Waals surface area contributed by atoms with Gasteiger partial charge < -0.3 is 14.6 Å². The van der Waals surface area contributed by atoms with Crippen LogP contribution in [0.3, 0.4) is 0 Å². The summed E-state index contributed by atoms with van der Waals surface area (Å²) in [5.74, 6) is 1.11. The molecule has 0 saturated carbocycles. The lowest BCUT2D eigenvalue weighted by Crippen LogP contribution is -1.99. The number of aromatic hydroxyl groups is 1. The van der Waals surface area contributed by atoms with Gasteiger partial charge in [0.2, 0.25) is 5.88 Å². The highest BCUT2D eigenvalue weighted by atomic mass is 16.5. The highest BCUT2D eigenvalue weighted by Gasteiger charge is 2.06. The van der Waals surface area contributed by atoms with Gasteiger partial charge in [0.1, 0.15) is 6.61 Å². The molecule has 1 aromatic heterocycles. The summed E-state index contributed by atoms with van der Waals surface area (Å²) in [6.45, 7) is 0.267. The second kappa shape index (κ2) is 5.71. The number of methoxy groups -OCH3 is 1. The Morgan fingerprint density at radius 3 is 2.52 bits per heavy atom. The molecule has 0 fully saturated rings. The van der Waals surface area contributed by atoms with E-state index >= 15 is 0 Å². The molecule has 0 saturated heterocycles. The molecule has 0 aliphatic heterocycles. The molecule has 4 heteroatoms. The molecule has 0 bridgehead atoms. The molecule has 1 heterocycles. The van der Waals surface area contributed by atoms with Crippen molar-refractivity contribution in [1.82, 2.24) is 4.98 Å². The Labute approximate surface area is 122 Å². The predicted octanol–water partition coefficient (Wildman–Crippen LogP) is 3.53. The molecule has 21 heavy (non-hydrogen) atoms. The summed E-state index contributed by atoms with van der Waals surface area (Å²) >= 11 is 0. The number of pyridine rings is 1. The summed E-state index contributed by atoms with van der Waals surface area (Å²) in [6, 6.07) is 16.8. The van der Waals surface area contributed by atoms with Gasteiger partial charge in [-0.25, -0.2) is 4.98 Å². The van der Waals surface area contributed by atoms with Gasteiger partial charge in [0, 0.05) is 6.07 Å². The minimum Gasteiger partial charge on any atom is -0.504 e. The van der Waals surface area contributed by atoms with E-state index in [1.165, 1.54) is 0 Å². The first-order chi connectivity index (χ1) is 10.3. The topological polar surface area (TPSA) is 51.6 Å². The molecule has 4 nitrogen and oxygen atoms in total. The van der Waals surface area contributed by atoms with Crippen LogP contribution in [0.25, 0.3) is 10.8 Å². The van der Waals surface area contributed by atoms with Crippen LogP contribution in [-0.4, -0.2) is 17.2 Å². The number of nitrogens with zero attached hydrogens (tertiary/aromatic N) is 1. The third kappa shape index (κ3) is 2.89. The summed E-state index contributed by atoms with van der Waals surface area (Å²) < 4.78 is 10.7. The third-order valence-corrected chi connectivity index (χ3v) is 3.19. The fourth-order valence-corrected chi connectivity index (χ4v) is 2.13. The average molecular weight is 281 g/mol. The lowest BCUT2D eigenvalue weighted by atomic mass is 10.1. The molecule has 0 aliphatic carbocycles. The molecule has 1 N–H and O–H groups in total. The summed E-state index contributed by atoms with van der Waals surface area (Å²) in [7, 11) is 1.57. The summed E-state index contributed by atoms with van der Waals surface area (Å²) in [5.41, 5.74) is 0.738. The predicted molar refractivity (Wildman–Crippen MR) is 80.7 cm³/mol. The largest absolute Gasteiger partial charge is 0.504 e. The molecule has 3 aromatic rings. The van der Waals surface area contributed by atoms with Crippen LogP contribution in [0.2, 0.25) is 0 Å². The number of hydrogen-bond acceptors (Lipinski definition) is 4. The Bertz CT molecular complexity index is 771. The Morgan fingerprint density at radius 1 is 1.00 bits per heavy atom. The first kappa shape index (κ1) is 13.2. The maximum absolute atomic E-state index is 10.0. The van der Waals surface area contributed by atoms with Crippen molar-refractivity contribution in [3.8, 4) is 17.4 Å². The van der Waals surface area contributed by atoms with Gasteiger partial charge in [-0.1, -0.05) is 30.3 Å². The minimum atomic E-state index is 0.122. The van der Waals surface area contributed by atoms with Gasteiger partial charge in [0.15, 0.2) is 11.5 Å². The molecular weight excluding hydrogens is 266 g/mol. The normalized spacial score (nSPS) is 10.5. The van der Waals surface area contributed by atoms with Gasteiger partial charge in [-0.2, -0.15) is 0 Å². The number of benzene rings is 2. The Balaban J connectivity index is 1.82. The van der Waals surface area contributed by atoms with Gasteiger partial charge in [0.25, 0.3) is 0 Å². The molecule has 0 amide bonds. The van der Waals surface area contributed by atoms with Crippen LogP contribution in [0, 0.1) is 0 Å². The molecule has 0 spiro atoms. The van der Waals surface area contributed by atoms with Crippen molar-refractivity contribution in [2.24, 2.45) is 0 Å². The lowest BCUT2D eigenvalue weighted by Gasteiger charge is -2.09. The number of phenols is 1. The molecule has 106 valence electrons. The number of aromatic nitrogens is 1. The summed E-state index contributed by atoms with van der Waals surface area (Å²) in [4.78, 5) is 4.27. The molecule has 3 rings (SSSR count). The standard InChI is InChI=1S/C17H15NO3/c1-20-17-8-4-7-14(18-17)11-21-16-10-13-6-3-2-5-12(13)9-15(16)19/h2-10,19H,11H2,1H3. The van der Waals surface area contributed by atoms with Crippen molar-refractivity contribution in [3.05, 3.63) is 60.3 Å². The Kier molecular flexibility index (Phi) is 3.60. The Hall–Kier alpha value is -2.75. The van der Waals surface area contributed by atoms with Gasteiger partial charge >= 0.3 is 0 Å². The van der Waals surface area contributed by atoms with E-state index in [2.05, 4.69) is 4.98 Å². The number of ether oxygens (including phenoxy) is 2. The van der Waals surface area contributed by atoms with Gasteiger partial charge in [-0.05, 0) is 29.0 Å². The van der Waals surface area contributed by atoms with Crippen LogP contribution in [0.5, 0.6) is 17.4 Å². The van der Waals surface area contributed by atoms with E-state index in [1.54, 1.807) is 19.2 Å². The van der Waals surface area contributed by atoms with Crippen LogP contribution >= 0.6 is 0 Å². The molecule has 2 aromatic carbocycles. The van der Waals surface area contributed by atoms with Gasteiger partial charge in [-0.3, -0.25) is 0 Å². The van der Waals surface area contributed by atoms with E-state index in [1.807, 2.05) is 42.5 Å². The fourth-order valence-electron chi connectivity index (χ4n) is 2.13. The van der Waals surface area contributed by atoms with E-state index in [0.29, 0.717) is 11.6 Å². The molecule has 0 unspecified atom stereocenters. The van der Waals surface area contributed by atoms with Crippen LogP contribution in [0.1, 0.15) is 5.69 Å². The zero-order valence-corrected chi connectivity index (χ0v) is 11.6. The fraction of sp³-hybridized carbons (Fsp3) is 0.118. The van der Waals surface area contributed by atoms with E-state index in [4.69, 9.17) is 9.47 Å². The van der Waals surface area contributed by atoms with Crippen molar-refractivity contribution in [3.63, 3.8) is 0 Å². The quantitative estimate of drug-likeness (QED) is 0.795.